The maximum absolute atomic E-state index is 13.2. The van der Waals surface area contributed by atoms with Gasteiger partial charge in [0, 0.05) is 25.2 Å². The van der Waals surface area contributed by atoms with Gasteiger partial charge in [-0.15, -0.1) is 0 Å². The van der Waals surface area contributed by atoms with E-state index in [1.165, 1.54) is 4.90 Å². The van der Waals surface area contributed by atoms with Crippen LogP contribution in [0.5, 0.6) is 0 Å². The van der Waals surface area contributed by atoms with E-state index in [-0.39, 0.29) is 6.42 Å². The fourth-order valence-corrected chi connectivity index (χ4v) is 4.10. The lowest BCUT2D eigenvalue weighted by Gasteiger charge is -2.47. The Bertz CT molecular complexity index is 487. The Morgan fingerprint density at radius 1 is 1.00 bits per heavy atom. The van der Waals surface area contributed by atoms with Gasteiger partial charge >= 0.3 is 10.2 Å². The molecule has 0 N–H and O–H groups in total. The fourth-order valence-electron chi connectivity index (χ4n) is 2.95. The first kappa shape index (κ1) is 15.6. The van der Waals surface area contributed by atoms with E-state index in [0.29, 0.717) is 25.9 Å². The molecule has 2 rings (SSSR count). The summed E-state index contributed by atoms with van der Waals surface area (Å²) in [5.74, 6) is -1.47. The Morgan fingerprint density at radius 2 is 1.50 bits per heavy atom. The highest BCUT2D eigenvalue weighted by Crippen LogP contribution is 3.02. The number of hydrogen-bond acceptors (Lipinski definition) is 2. The van der Waals surface area contributed by atoms with Crippen LogP contribution in [0, 0.1) is 5.41 Å². The third-order valence-corrected chi connectivity index (χ3v) is 4.91. The van der Waals surface area contributed by atoms with Crippen molar-refractivity contribution in [3.8, 4) is 0 Å². The Balaban J connectivity index is 2.64. The summed E-state index contributed by atoms with van der Waals surface area (Å²) in [6.07, 6.45) is 0.683. The van der Waals surface area contributed by atoms with Crippen LogP contribution in [-0.4, -0.2) is 23.8 Å². The molecule has 0 bridgehead atoms. The third-order valence-electron chi connectivity index (χ3n) is 3.67. The Kier molecular flexibility index (Phi) is 2.88. The molecule has 1 aliphatic heterocycles. The summed E-state index contributed by atoms with van der Waals surface area (Å²) < 4.78 is 66.0. The highest BCUT2D eigenvalue weighted by molar-refractivity contribution is 8.49. The van der Waals surface area contributed by atoms with Crippen molar-refractivity contribution in [2.75, 3.05) is 13.1 Å². The maximum Gasteiger partial charge on any atom is 0.315 e. The average Bonchev–Trinajstić information content (AvgIpc) is 2.60. The van der Waals surface area contributed by atoms with Crippen molar-refractivity contribution < 1.29 is 24.2 Å². The quantitative estimate of drug-likeness (QED) is 0.669. The number of hydrogen-bond donors (Lipinski definition) is 0. The van der Waals surface area contributed by atoms with Crippen LogP contribution in [0.25, 0.3) is 0 Å². The summed E-state index contributed by atoms with van der Waals surface area (Å²) in [5, 5.41) is 0. The minimum Gasteiger partial charge on any atom is -0.374 e. The van der Waals surface area contributed by atoms with E-state index in [0.717, 1.165) is 0 Å². The second kappa shape index (κ2) is 3.69. The van der Waals surface area contributed by atoms with Gasteiger partial charge in [0.1, 0.15) is 0 Å². The highest BCUT2D eigenvalue weighted by atomic mass is 32.5. The van der Waals surface area contributed by atoms with Crippen LogP contribution in [0.15, 0.2) is 10.6 Å². The van der Waals surface area contributed by atoms with Crippen LogP contribution in [0.4, 0.5) is 19.4 Å². The number of ketones is 1. The second-order valence-corrected chi connectivity index (χ2v) is 8.73. The van der Waals surface area contributed by atoms with Crippen molar-refractivity contribution in [1.29, 1.82) is 0 Å². The lowest BCUT2D eigenvalue weighted by Crippen LogP contribution is -2.36. The predicted molar refractivity (Wildman–Crippen MR) is 69.0 cm³/mol. The summed E-state index contributed by atoms with van der Waals surface area (Å²) >= 11 is 0. The van der Waals surface area contributed by atoms with E-state index in [2.05, 4.69) is 0 Å². The van der Waals surface area contributed by atoms with Gasteiger partial charge in [0.25, 0.3) is 0 Å². The van der Waals surface area contributed by atoms with Crippen LogP contribution < -0.4 is 0 Å². The third kappa shape index (κ3) is 3.10. The van der Waals surface area contributed by atoms with Gasteiger partial charge in [-0.1, -0.05) is 33.3 Å². The van der Waals surface area contributed by atoms with Gasteiger partial charge in [-0.3, -0.25) is 4.79 Å². The van der Waals surface area contributed by atoms with Gasteiger partial charge in [0.2, 0.25) is 0 Å². The molecule has 0 atom stereocenters. The van der Waals surface area contributed by atoms with Crippen LogP contribution in [0.3, 0.4) is 0 Å². The minimum atomic E-state index is -9.94. The molecule has 0 aromatic rings. The van der Waals surface area contributed by atoms with Gasteiger partial charge in [-0.2, -0.15) is 0 Å². The molecule has 0 radical (unpaired) electrons. The molecular formula is C12H18F5NOS. The fraction of sp³-hybridized carbons (Fsp3) is 0.750. The van der Waals surface area contributed by atoms with Crippen molar-refractivity contribution >= 4 is 16.0 Å². The average molecular weight is 319 g/mol. The summed E-state index contributed by atoms with van der Waals surface area (Å²) in [4.78, 5) is 10.9. The first-order chi connectivity index (χ1) is 8.69. The first-order valence-corrected chi connectivity index (χ1v) is 8.40. The molecule has 0 amide bonds. The topological polar surface area (TPSA) is 20.3 Å². The Hall–Kier alpha value is -0.790. The molecule has 20 heavy (non-hydrogen) atoms. The van der Waals surface area contributed by atoms with Gasteiger partial charge in [-0.05, 0) is 24.7 Å². The standard InChI is InChI=1S/C12H18F5NOS/c1-12(2)7-9(18-5-3-4-6-18)11(10(19)8-12)20(13,14,15,16)17/h3-8H2,1-2H3. The van der Waals surface area contributed by atoms with Crippen molar-refractivity contribution in [2.45, 2.75) is 39.5 Å². The minimum absolute atomic E-state index is 0.139. The van der Waals surface area contributed by atoms with Crippen LogP contribution in [-0.2, 0) is 4.79 Å². The molecule has 0 saturated carbocycles. The molecule has 1 aliphatic carbocycles. The number of halogens is 5. The molecule has 2 aliphatic rings. The summed E-state index contributed by atoms with van der Waals surface area (Å²) in [7, 11) is -9.94. The number of likely N-dealkylation sites (tertiary alicyclic amines) is 1. The lowest BCUT2D eigenvalue weighted by molar-refractivity contribution is -0.117. The SMILES string of the molecule is CC1(C)CC(=O)C(S(F)(F)(F)(F)F)=C(N2CCCC2)C1. The second-order valence-electron chi connectivity index (χ2n) is 6.38. The van der Waals surface area contributed by atoms with Gasteiger partial charge in [-0.25, -0.2) is 0 Å². The zero-order valence-corrected chi connectivity index (χ0v) is 12.2. The summed E-state index contributed by atoms with van der Waals surface area (Å²) in [6.45, 7) is 3.86. The Morgan fingerprint density at radius 3 is 1.95 bits per heavy atom. The van der Waals surface area contributed by atoms with Crippen LogP contribution in [0.1, 0.15) is 39.5 Å². The molecular weight excluding hydrogens is 301 g/mol. The number of carbonyl (C=O) groups excluding carboxylic acids is 1. The number of rotatable bonds is 2. The highest BCUT2D eigenvalue weighted by Gasteiger charge is 2.71. The largest absolute Gasteiger partial charge is 0.374 e. The molecule has 118 valence electrons. The molecule has 8 heteroatoms. The number of allylic oxidation sites excluding steroid dienone is 2. The molecule has 1 fully saturated rings. The first-order valence-electron chi connectivity index (χ1n) is 6.45. The van der Waals surface area contributed by atoms with Crippen molar-refractivity contribution in [1.82, 2.24) is 4.90 Å². The zero-order valence-electron chi connectivity index (χ0n) is 11.4. The van der Waals surface area contributed by atoms with E-state index >= 15 is 0 Å². The molecule has 2 nitrogen and oxygen atoms in total. The summed E-state index contributed by atoms with van der Waals surface area (Å²) in [5.41, 5.74) is -1.22. The van der Waals surface area contributed by atoms with E-state index in [1.807, 2.05) is 0 Å². The van der Waals surface area contributed by atoms with E-state index in [4.69, 9.17) is 0 Å². The molecule has 1 heterocycles. The number of Topliss-reactive ketones (excluding diaryl/α,β-unsaturated/α-hetero) is 1. The smallest absolute Gasteiger partial charge is 0.315 e. The van der Waals surface area contributed by atoms with Crippen molar-refractivity contribution in [3.05, 3.63) is 10.6 Å². The monoisotopic (exact) mass is 319 g/mol. The molecule has 0 aromatic heterocycles. The van der Waals surface area contributed by atoms with Gasteiger partial charge in [0.05, 0.1) is 0 Å². The number of nitrogens with zero attached hydrogens (tertiary/aromatic N) is 1. The number of carbonyl (C=O) groups is 1. The predicted octanol–water partition coefficient (Wildman–Crippen LogP) is 4.98. The summed E-state index contributed by atoms with van der Waals surface area (Å²) in [6, 6.07) is 0. The molecule has 0 aromatic carbocycles. The molecule has 0 spiro atoms. The normalized spacial score (nSPS) is 27.6. The maximum atomic E-state index is 13.2. The van der Waals surface area contributed by atoms with Crippen LogP contribution >= 0.6 is 10.2 Å². The molecule has 1 saturated heterocycles. The zero-order chi connectivity index (χ0) is 15.5. The van der Waals surface area contributed by atoms with E-state index in [9.17, 15) is 24.2 Å². The van der Waals surface area contributed by atoms with Gasteiger partial charge < -0.3 is 4.90 Å². The van der Waals surface area contributed by atoms with E-state index < -0.39 is 38.4 Å². The van der Waals surface area contributed by atoms with E-state index in [1.54, 1.807) is 13.8 Å². The Labute approximate surface area is 114 Å². The molecule has 0 unspecified atom stereocenters. The van der Waals surface area contributed by atoms with Gasteiger partial charge in [0.15, 0.2) is 10.7 Å². The van der Waals surface area contributed by atoms with Crippen molar-refractivity contribution in [3.63, 3.8) is 0 Å². The lowest BCUT2D eigenvalue weighted by atomic mass is 9.78. The van der Waals surface area contributed by atoms with Crippen molar-refractivity contribution in [2.24, 2.45) is 5.41 Å². The van der Waals surface area contributed by atoms with Crippen LogP contribution in [0.2, 0.25) is 0 Å².